The Morgan fingerprint density at radius 3 is 2.38 bits per heavy atom. The van der Waals surface area contributed by atoms with Gasteiger partial charge in [-0.25, -0.2) is 4.79 Å². The quantitative estimate of drug-likeness (QED) is 0.694. The Morgan fingerprint density at radius 1 is 1.14 bits per heavy atom. The molecule has 2 N–H and O–H groups in total. The lowest BCUT2D eigenvalue weighted by Crippen LogP contribution is -2.31. The molecule has 1 aliphatic rings. The number of anilines is 1. The van der Waals surface area contributed by atoms with E-state index in [0.717, 1.165) is 18.7 Å². The number of fused-ring (bicyclic) bond motifs is 1. The standard InChI is InChI=1S/C17H18N2O2/c1-21-17(20)16(12-7-4-8-15(18)9-12)19-10-13-5-2-3-6-14(13)11-19/h2-9,16H,10-11,18H2,1H3/t16-/m0/s1. The molecule has 0 fully saturated rings. The molecule has 0 amide bonds. The van der Waals surface area contributed by atoms with Crippen molar-refractivity contribution in [3.63, 3.8) is 0 Å². The van der Waals surface area contributed by atoms with Crippen LogP contribution in [0.1, 0.15) is 22.7 Å². The van der Waals surface area contributed by atoms with E-state index >= 15 is 0 Å². The van der Waals surface area contributed by atoms with E-state index in [0.29, 0.717) is 5.69 Å². The fourth-order valence-corrected chi connectivity index (χ4v) is 2.88. The Hall–Kier alpha value is -2.33. The molecule has 0 radical (unpaired) electrons. The lowest BCUT2D eigenvalue weighted by atomic mass is 10.0. The second-order valence-corrected chi connectivity index (χ2v) is 5.27. The first-order valence-electron chi connectivity index (χ1n) is 6.93. The number of rotatable bonds is 3. The van der Waals surface area contributed by atoms with Crippen molar-refractivity contribution < 1.29 is 9.53 Å². The minimum atomic E-state index is -0.425. The van der Waals surface area contributed by atoms with Gasteiger partial charge < -0.3 is 10.5 Å². The SMILES string of the molecule is COC(=O)[C@H](c1cccc(N)c1)N1Cc2ccccc2C1. The van der Waals surface area contributed by atoms with Crippen LogP contribution in [0, 0.1) is 0 Å². The highest BCUT2D eigenvalue weighted by molar-refractivity contribution is 5.78. The molecule has 4 heteroatoms. The lowest BCUT2D eigenvalue weighted by molar-refractivity contribution is -0.147. The molecule has 108 valence electrons. The number of hydrogen-bond donors (Lipinski definition) is 1. The first-order valence-corrected chi connectivity index (χ1v) is 6.93. The summed E-state index contributed by atoms with van der Waals surface area (Å²) in [6.07, 6.45) is 0. The van der Waals surface area contributed by atoms with Gasteiger partial charge in [-0.2, -0.15) is 0 Å². The molecule has 1 atom stereocenters. The van der Waals surface area contributed by atoms with Crippen LogP contribution in [0.2, 0.25) is 0 Å². The van der Waals surface area contributed by atoms with Crippen molar-refractivity contribution in [3.05, 3.63) is 65.2 Å². The maximum absolute atomic E-state index is 12.3. The van der Waals surface area contributed by atoms with Gasteiger partial charge in [0.15, 0.2) is 0 Å². The van der Waals surface area contributed by atoms with Gasteiger partial charge >= 0.3 is 5.97 Å². The van der Waals surface area contributed by atoms with Gasteiger partial charge in [-0.3, -0.25) is 4.90 Å². The topological polar surface area (TPSA) is 55.6 Å². The van der Waals surface area contributed by atoms with Crippen molar-refractivity contribution in [1.82, 2.24) is 4.90 Å². The average molecular weight is 282 g/mol. The van der Waals surface area contributed by atoms with Gasteiger partial charge in [-0.1, -0.05) is 36.4 Å². The van der Waals surface area contributed by atoms with Gasteiger partial charge in [-0.15, -0.1) is 0 Å². The third kappa shape index (κ3) is 2.62. The van der Waals surface area contributed by atoms with Crippen LogP contribution in [0.4, 0.5) is 5.69 Å². The molecule has 0 spiro atoms. The number of nitrogens with zero attached hydrogens (tertiary/aromatic N) is 1. The molecule has 0 aromatic heterocycles. The number of esters is 1. The van der Waals surface area contributed by atoms with Crippen LogP contribution >= 0.6 is 0 Å². The highest BCUT2D eigenvalue weighted by Crippen LogP contribution is 2.32. The van der Waals surface area contributed by atoms with Gasteiger partial charge in [0.05, 0.1) is 7.11 Å². The highest BCUT2D eigenvalue weighted by atomic mass is 16.5. The molecular formula is C17H18N2O2. The minimum Gasteiger partial charge on any atom is -0.468 e. The van der Waals surface area contributed by atoms with Crippen molar-refractivity contribution in [2.45, 2.75) is 19.1 Å². The molecule has 1 heterocycles. The number of ether oxygens (including phenoxy) is 1. The van der Waals surface area contributed by atoms with Crippen LogP contribution in [-0.2, 0) is 22.6 Å². The zero-order valence-corrected chi connectivity index (χ0v) is 12.0. The van der Waals surface area contributed by atoms with Crippen molar-refractivity contribution in [3.8, 4) is 0 Å². The van der Waals surface area contributed by atoms with E-state index in [-0.39, 0.29) is 5.97 Å². The predicted molar refractivity (Wildman–Crippen MR) is 81.3 cm³/mol. The smallest absolute Gasteiger partial charge is 0.327 e. The normalized spacial score (nSPS) is 15.5. The van der Waals surface area contributed by atoms with Gasteiger partial charge in [0.2, 0.25) is 0 Å². The Kier molecular flexibility index (Phi) is 3.62. The van der Waals surface area contributed by atoms with Crippen molar-refractivity contribution in [2.24, 2.45) is 0 Å². The minimum absolute atomic E-state index is 0.256. The Morgan fingerprint density at radius 2 is 1.81 bits per heavy atom. The molecule has 1 aliphatic heterocycles. The van der Waals surface area contributed by atoms with Crippen molar-refractivity contribution in [1.29, 1.82) is 0 Å². The summed E-state index contributed by atoms with van der Waals surface area (Å²) < 4.78 is 5.00. The summed E-state index contributed by atoms with van der Waals surface area (Å²) in [5.74, 6) is -0.256. The molecule has 2 aromatic carbocycles. The summed E-state index contributed by atoms with van der Waals surface area (Å²) in [6.45, 7) is 1.48. The molecular weight excluding hydrogens is 264 g/mol. The lowest BCUT2D eigenvalue weighted by Gasteiger charge is -2.25. The molecule has 4 nitrogen and oxygen atoms in total. The Bertz CT molecular complexity index is 644. The highest BCUT2D eigenvalue weighted by Gasteiger charge is 2.32. The summed E-state index contributed by atoms with van der Waals surface area (Å²) in [5, 5.41) is 0. The second-order valence-electron chi connectivity index (χ2n) is 5.27. The maximum atomic E-state index is 12.3. The summed E-state index contributed by atoms with van der Waals surface area (Å²) in [5.41, 5.74) is 9.89. The van der Waals surface area contributed by atoms with Gasteiger partial charge in [-0.05, 0) is 28.8 Å². The molecule has 0 unspecified atom stereocenters. The van der Waals surface area contributed by atoms with Crippen LogP contribution in [0.3, 0.4) is 0 Å². The van der Waals surface area contributed by atoms with E-state index in [9.17, 15) is 4.79 Å². The zero-order valence-electron chi connectivity index (χ0n) is 12.0. The first kappa shape index (κ1) is 13.6. The van der Waals surface area contributed by atoms with E-state index in [4.69, 9.17) is 10.5 Å². The van der Waals surface area contributed by atoms with Gasteiger partial charge in [0.1, 0.15) is 6.04 Å². The van der Waals surface area contributed by atoms with Crippen LogP contribution in [0.25, 0.3) is 0 Å². The monoisotopic (exact) mass is 282 g/mol. The number of benzene rings is 2. The van der Waals surface area contributed by atoms with Crippen molar-refractivity contribution >= 4 is 11.7 Å². The largest absolute Gasteiger partial charge is 0.468 e. The van der Waals surface area contributed by atoms with Crippen molar-refractivity contribution in [2.75, 3.05) is 12.8 Å². The molecule has 0 saturated carbocycles. The summed E-state index contributed by atoms with van der Waals surface area (Å²) in [7, 11) is 1.42. The maximum Gasteiger partial charge on any atom is 0.327 e. The average Bonchev–Trinajstić information content (AvgIpc) is 2.90. The van der Waals surface area contributed by atoms with E-state index in [2.05, 4.69) is 17.0 Å². The summed E-state index contributed by atoms with van der Waals surface area (Å²) in [6, 6.07) is 15.3. The Labute approximate surface area is 124 Å². The molecule has 0 saturated heterocycles. The number of carbonyl (C=O) groups excluding carboxylic acids is 1. The Balaban J connectivity index is 1.93. The molecule has 0 bridgehead atoms. The summed E-state index contributed by atoms with van der Waals surface area (Å²) in [4.78, 5) is 14.4. The number of carbonyl (C=O) groups is 1. The second kappa shape index (κ2) is 5.58. The number of methoxy groups -OCH3 is 1. The van der Waals surface area contributed by atoms with E-state index in [1.54, 1.807) is 0 Å². The first-order chi connectivity index (χ1) is 10.2. The van der Waals surface area contributed by atoms with Crippen LogP contribution in [0.5, 0.6) is 0 Å². The summed E-state index contributed by atoms with van der Waals surface area (Å²) >= 11 is 0. The van der Waals surface area contributed by atoms with Crippen LogP contribution < -0.4 is 5.73 Å². The number of hydrogen-bond acceptors (Lipinski definition) is 4. The zero-order chi connectivity index (χ0) is 14.8. The fourth-order valence-electron chi connectivity index (χ4n) is 2.88. The molecule has 21 heavy (non-hydrogen) atoms. The van der Waals surface area contributed by atoms with Gasteiger partial charge in [0, 0.05) is 18.8 Å². The number of nitrogens with two attached hydrogens (primary N) is 1. The van der Waals surface area contributed by atoms with Crippen LogP contribution in [-0.4, -0.2) is 18.0 Å². The fraction of sp³-hybridized carbons (Fsp3) is 0.235. The van der Waals surface area contributed by atoms with E-state index in [1.807, 2.05) is 36.4 Å². The third-order valence-electron chi connectivity index (χ3n) is 3.88. The molecule has 0 aliphatic carbocycles. The van der Waals surface area contributed by atoms with Gasteiger partial charge in [0.25, 0.3) is 0 Å². The van der Waals surface area contributed by atoms with E-state index < -0.39 is 6.04 Å². The third-order valence-corrected chi connectivity index (χ3v) is 3.88. The predicted octanol–water partition coefficient (Wildman–Crippen LogP) is 2.50. The van der Waals surface area contributed by atoms with Crippen LogP contribution in [0.15, 0.2) is 48.5 Å². The molecule has 3 rings (SSSR count). The molecule has 2 aromatic rings. The van der Waals surface area contributed by atoms with E-state index in [1.165, 1.54) is 18.2 Å². The number of nitrogen functional groups attached to an aromatic ring is 1.